The average molecular weight is 190 g/mol. The Morgan fingerprint density at radius 2 is 2.08 bits per heavy atom. The molecule has 0 fully saturated rings. The minimum atomic E-state index is 0. The van der Waals surface area contributed by atoms with Crippen LogP contribution in [0, 0.1) is 0 Å². The number of halogens is 1. The van der Waals surface area contributed by atoms with Gasteiger partial charge in [-0.2, -0.15) is 0 Å². The van der Waals surface area contributed by atoms with Gasteiger partial charge in [0.1, 0.15) is 5.75 Å². The first-order valence-electron chi connectivity index (χ1n) is 3.37. The standard InChI is InChI=1S/C8H11NO2.ClH/c1-11-8-5-3-2-4-7(8)6-9-10;/h2-5,9-10H,6H2,1H3;1H. The van der Waals surface area contributed by atoms with Gasteiger partial charge in [-0.3, -0.25) is 0 Å². The van der Waals surface area contributed by atoms with Gasteiger partial charge in [0.25, 0.3) is 0 Å². The molecule has 0 radical (unpaired) electrons. The van der Waals surface area contributed by atoms with E-state index in [2.05, 4.69) is 5.48 Å². The van der Waals surface area contributed by atoms with Crippen LogP contribution in [0.15, 0.2) is 24.3 Å². The fraction of sp³-hybridized carbons (Fsp3) is 0.250. The number of nitrogens with one attached hydrogen (secondary N) is 1. The van der Waals surface area contributed by atoms with E-state index in [-0.39, 0.29) is 12.4 Å². The van der Waals surface area contributed by atoms with Crippen LogP contribution in [-0.4, -0.2) is 12.3 Å². The molecule has 0 aromatic heterocycles. The number of benzene rings is 1. The second-order valence-corrected chi connectivity index (χ2v) is 2.15. The SMILES string of the molecule is COc1ccccc1CNO.Cl. The van der Waals surface area contributed by atoms with Crippen LogP contribution < -0.4 is 10.2 Å². The van der Waals surface area contributed by atoms with E-state index in [1.807, 2.05) is 24.3 Å². The van der Waals surface area contributed by atoms with Gasteiger partial charge < -0.3 is 9.94 Å². The summed E-state index contributed by atoms with van der Waals surface area (Å²) in [6.45, 7) is 0.407. The van der Waals surface area contributed by atoms with Crippen LogP contribution in [-0.2, 0) is 6.54 Å². The van der Waals surface area contributed by atoms with E-state index in [1.54, 1.807) is 7.11 Å². The zero-order valence-electron chi connectivity index (χ0n) is 6.78. The number of ether oxygens (including phenoxy) is 1. The van der Waals surface area contributed by atoms with Gasteiger partial charge in [-0.1, -0.05) is 18.2 Å². The third kappa shape index (κ3) is 2.70. The van der Waals surface area contributed by atoms with Crippen LogP contribution in [0.2, 0.25) is 0 Å². The highest BCUT2D eigenvalue weighted by Crippen LogP contribution is 2.16. The minimum Gasteiger partial charge on any atom is -0.496 e. The molecule has 0 spiro atoms. The molecule has 4 heteroatoms. The van der Waals surface area contributed by atoms with Crippen LogP contribution >= 0.6 is 12.4 Å². The summed E-state index contributed by atoms with van der Waals surface area (Å²) in [5.74, 6) is 0.786. The van der Waals surface area contributed by atoms with Crippen molar-refractivity contribution in [3.63, 3.8) is 0 Å². The number of para-hydroxylation sites is 1. The van der Waals surface area contributed by atoms with Crippen LogP contribution in [0.25, 0.3) is 0 Å². The Morgan fingerprint density at radius 3 is 2.67 bits per heavy atom. The molecule has 0 aliphatic rings. The summed E-state index contributed by atoms with van der Waals surface area (Å²) in [6.07, 6.45) is 0. The van der Waals surface area contributed by atoms with Crippen molar-refractivity contribution >= 4 is 12.4 Å². The van der Waals surface area contributed by atoms with E-state index in [0.717, 1.165) is 11.3 Å². The fourth-order valence-corrected chi connectivity index (χ4v) is 0.934. The Kier molecular flexibility index (Phi) is 5.45. The van der Waals surface area contributed by atoms with Crippen molar-refractivity contribution in [2.45, 2.75) is 6.54 Å². The summed E-state index contributed by atoms with van der Waals surface area (Å²) < 4.78 is 5.05. The van der Waals surface area contributed by atoms with E-state index >= 15 is 0 Å². The maximum absolute atomic E-state index is 8.43. The second kappa shape index (κ2) is 5.83. The summed E-state index contributed by atoms with van der Waals surface area (Å²) in [5, 5.41) is 8.43. The van der Waals surface area contributed by atoms with Crippen LogP contribution in [0.1, 0.15) is 5.56 Å². The molecule has 0 saturated heterocycles. The Hall–Kier alpha value is -0.770. The molecule has 0 saturated carbocycles. The molecule has 68 valence electrons. The molecule has 0 unspecified atom stereocenters. The molecule has 0 aliphatic heterocycles. The Balaban J connectivity index is 0.00000121. The Labute approximate surface area is 77.7 Å². The van der Waals surface area contributed by atoms with Gasteiger partial charge in [-0.05, 0) is 6.07 Å². The predicted molar refractivity (Wildman–Crippen MR) is 48.9 cm³/mol. The van der Waals surface area contributed by atoms with Gasteiger partial charge >= 0.3 is 0 Å². The first-order valence-corrected chi connectivity index (χ1v) is 3.37. The van der Waals surface area contributed by atoms with Gasteiger partial charge in [-0.25, -0.2) is 5.48 Å². The van der Waals surface area contributed by atoms with Gasteiger partial charge in [0.2, 0.25) is 0 Å². The molecule has 0 heterocycles. The van der Waals surface area contributed by atoms with Gasteiger partial charge in [0.15, 0.2) is 0 Å². The molecule has 12 heavy (non-hydrogen) atoms. The van der Waals surface area contributed by atoms with Gasteiger partial charge in [0.05, 0.1) is 7.11 Å². The lowest BCUT2D eigenvalue weighted by Gasteiger charge is -2.05. The lowest BCUT2D eigenvalue weighted by molar-refractivity contribution is 0.160. The summed E-state index contributed by atoms with van der Waals surface area (Å²) in [5.41, 5.74) is 3.02. The molecule has 3 nitrogen and oxygen atoms in total. The topological polar surface area (TPSA) is 41.5 Å². The van der Waals surface area contributed by atoms with Crippen molar-refractivity contribution in [1.82, 2.24) is 5.48 Å². The van der Waals surface area contributed by atoms with Crippen molar-refractivity contribution in [2.24, 2.45) is 0 Å². The predicted octanol–water partition coefficient (Wildman–Crippen LogP) is 1.60. The lowest BCUT2D eigenvalue weighted by atomic mass is 10.2. The quantitative estimate of drug-likeness (QED) is 0.710. The monoisotopic (exact) mass is 189 g/mol. The van der Waals surface area contributed by atoms with Crippen molar-refractivity contribution < 1.29 is 9.94 Å². The van der Waals surface area contributed by atoms with Crippen molar-refractivity contribution in [3.05, 3.63) is 29.8 Å². The summed E-state index contributed by atoms with van der Waals surface area (Å²) >= 11 is 0. The van der Waals surface area contributed by atoms with Crippen molar-refractivity contribution in [3.8, 4) is 5.75 Å². The third-order valence-corrected chi connectivity index (χ3v) is 1.46. The maximum atomic E-state index is 8.43. The maximum Gasteiger partial charge on any atom is 0.123 e. The van der Waals surface area contributed by atoms with Crippen molar-refractivity contribution in [1.29, 1.82) is 0 Å². The molecule has 0 aliphatic carbocycles. The molecular weight excluding hydrogens is 178 g/mol. The number of methoxy groups -OCH3 is 1. The Morgan fingerprint density at radius 1 is 1.42 bits per heavy atom. The van der Waals surface area contributed by atoms with Crippen LogP contribution in [0.4, 0.5) is 0 Å². The van der Waals surface area contributed by atoms with E-state index in [9.17, 15) is 0 Å². The van der Waals surface area contributed by atoms with Gasteiger partial charge in [0, 0.05) is 12.1 Å². The normalized spacial score (nSPS) is 8.83. The highest BCUT2D eigenvalue weighted by Gasteiger charge is 1.98. The lowest BCUT2D eigenvalue weighted by Crippen LogP contribution is -2.07. The number of hydrogen-bond donors (Lipinski definition) is 2. The molecule has 1 rings (SSSR count). The average Bonchev–Trinajstić information content (AvgIpc) is 2.06. The smallest absolute Gasteiger partial charge is 0.123 e. The van der Waals surface area contributed by atoms with E-state index in [4.69, 9.17) is 9.94 Å². The molecule has 0 atom stereocenters. The fourth-order valence-electron chi connectivity index (χ4n) is 0.934. The molecule has 0 bridgehead atoms. The molecule has 1 aromatic carbocycles. The highest BCUT2D eigenvalue weighted by atomic mass is 35.5. The van der Waals surface area contributed by atoms with E-state index in [1.165, 1.54) is 0 Å². The second-order valence-electron chi connectivity index (χ2n) is 2.15. The number of hydrogen-bond acceptors (Lipinski definition) is 3. The molecule has 1 aromatic rings. The summed E-state index contributed by atoms with van der Waals surface area (Å²) in [7, 11) is 1.61. The zero-order chi connectivity index (χ0) is 8.10. The largest absolute Gasteiger partial charge is 0.496 e. The molecule has 2 N–H and O–H groups in total. The number of hydroxylamine groups is 1. The Bertz CT molecular complexity index is 230. The number of rotatable bonds is 3. The van der Waals surface area contributed by atoms with Crippen molar-refractivity contribution in [2.75, 3.05) is 7.11 Å². The van der Waals surface area contributed by atoms with E-state index in [0.29, 0.717) is 6.54 Å². The first-order chi connectivity index (χ1) is 5.38. The molecule has 0 amide bonds. The summed E-state index contributed by atoms with van der Waals surface area (Å²) in [6, 6.07) is 7.53. The third-order valence-electron chi connectivity index (χ3n) is 1.46. The zero-order valence-corrected chi connectivity index (χ0v) is 7.60. The molecular formula is C8H12ClNO2. The van der Waals surface area contributed by atoms with Crippen LogP contribution in [0.5, 0.6) is 5.75 Å². The van der Waals surface area contributed by atoms with Gasteiger partial charge in [-0.15, -0.1) is 12.4 Å². The highest BCUT2D eigenvalue weighted by molar-refractivity contribution is 5.85. The van der Waals surface area contributed by atoms with Crippen LogP contribution in [0.3, 0.4) is 0 Å². The summed E-state index contributed by atoms with van der Waals surface area (Å²) in [4.78, 5) is 0. The first kappa shape index (κ1) is 11.2. The van der Waals surface area contributed by atoms with E-state index < -0.39 is 0 Å². The minimum absolute atomic E-state index is 0.